The van der Waals surface area contributed by atoms with Gasteiger partial charge in [0.2, 0.25) is 5.91 Å². The van der Waals surface area contributed by atoms with Gasteiger partial charge < -0.3 is 15.7 Å². The molecule has 0 fully saturated rings. The van der Waals surface area contributed by atoms with Crippen molar-refractivity contribution in [3.8, 4) is 0 Å². The van der Waals surface area contributed by atoms with E-state index in [4.69, 9.17) is 0 Å². The Morgan fingerprint density at radius 2 is 1.52 bits per heavy atom. The molecular formula is C26H26N2O4S. The summed E-state index contributed by atoms with van der Waals surface area (Å²) >= 11 is 1.42. The highest BCUT2D eigenvalue weighted by atomic mass is 32.2. The molecule has 0 aliphatic heterocycles. The normalized spacial score (nSPS) is 11.5. The third-order valence-corrected chi connectivity index (χ3v) is 6.52. The van der Waals surface area contributed by atoms with Crippen LogP contribution in [0, 0.1) is 13.8 Å². The number of thioether (sulfide) groups is 1. The second kappa shape index (κ2) is 10.8. The molecule has 3 aromatic rings. The van der Waals surface area contributed by atoms with Crippen LogP contribution < -0.4 is 10.6 Å². The Kier molecular flexibility index (Phi) is 7.90. The van der Waals surface area contributed by atoms with E-state index in [2.05, 4.69) is 10.6 Å². The maximum absolute atomic E-state index is 12.9. The predicted molar refractivity (Wildman–Crippen MR) is 132 cm³/mol. The van der Waals surface area contributed by atoms with Crippen LogP contribution in [0.5, 0.6) is 0 Å². The van der Waals surface area contributed by atoms with E-state index in [1.165, 1.54) is 23.9 Å². The fourth-order valence-electron chi connectivity index (χ4n) is 3.42. The number of rotatable bonds is 8. The van der Waals surface area contributed by atoms with E-state index < -0.39 is 11.9 Å². The van der Waals surface area contributed by atoms with Crippen molar-refractivity contribution in [3.05, 3.63) is 89.0 Å². The molecule has 3 N–H and O–H groups in total. The minimum absolute atomic E-state index is 0.0604. The van der Waals surface area contributed by atoms with Gasteiger partial charge in [0.05, 0.1) is 16.4 Å². The summed E-state index contributed by atoms with van der Waals surface area (Å²) < 4.78 is 0. The topological polar surface area (TPSA) is 95.5 Å². The van der Waals surface area contributed by atoms with Crippen molar-refractivity contribution >= 4 is 40.9 Å². The molecular weight excluding hydrogens is 436 g/mol. The van der Waals surface area contributed by atoms with Crippen LogP contribution in [0.15, 0.2) is 71.6 Å². The van der Waals surface area contributed by atoms with Crippen LogP contribution in [0.2, 0.25) is 0 Å². The maximum atomic E-state index is 12.9. The number of carbonyl (C=O) groups is 3. The first-order chi connectivity index (χ1) is 15.8. The van der Waals surface area contributed by atoms with Crippen molar-refractivity contribution in [3.63, 3.8) is 0 Å². The molecule has 0 spiro atoms. The molecule has 1 atom stereocenters. The summed E-state index contributed by atoms with van der Waals surface area (Å²) in [6.45, 7) is 5.88. The van der Waals surface area contributed by atoms with Gasteiger partial charge in [0.15, 0.2) is 0 Å². The molecule has 2 amide bonds. The maximum Gasteiger partial charge on any atom is 0.336 e. The van der Waals surface area contributed by atoms with Gasteiger partial charge in [-0.1, -0.05) is 43.3 Å². The average molecular weight is 463 g/mol. The van der Waals surface area contributed by atoms with Gasteiger partial charge in [-0.25, -0.2) is 4.79 Å². The van der Waals surface area contributed by atoms with E-state index in [1.54, 1.807) is 30.3 Å². The second-order valence-electron chi connectivity index (χ2n) is 7.60. The molecule has 6 nitrogen and oxygen atoms in total. The monoisotopic (exact) mass is 462 g/mol. The minimum atomic E-state index is -1.16. The van der Waals surface area contributed by atoms with Crippen LogP contribution in [-0.4, -0.2) is 28.1 Å². The van der Waals surface area contributed by atoms with Gasteiger partial charge in [-0.15, -0.1) is 11.8 Å². The Balaban J connectivity index is 1.73. The molecule has 0 aliphatic carbocycles. The van der Waals surface area contributed by atoms with Gasteiger partial charge in [0, 0.05) is 16.3 Å². The number of carboxylic acid groups (broad SMARTS) is 1. The molecule has 0 radical (unpaired) electrons. The third kappa shape index (κ3) is 6.02. The summed E-state index contributed by atoms with van der Waals surface area (Å²) in [5, 5.41) is 14.8. The lowest BCUT2D eigenvalue weighted by atomic mass is 10.1. The number of carboxylic acids is 1. The third-order valence-electron chi connectivity index (χ3n) is 5.16. The highest BCUT2D eigenvalue weighted by Crippen LogP contribution is 2.30. The first kappa shape index (κ1) is 24.1. The number of carbonyl (C=O) groups excluding carboxylic acids is 2. The van der Waals surface area contributed by atoms with E-state index in [-0.39, 0.29) is 22.3 Å². The van der Waals surface area contributed by atoms with Gasteiger partial charge in [0.1, 0.15) is 0 Å². The van der Waals surface area contributed by atoms with Crippen LogP contribution >= 0.6 is 11.8 Å². The lowest BCUT2D eigenvalue weighted by molar-refractivity contribution is -0.115. The van der Waals surface area contributed by atoms with Crippen LogP contribution in [0.4, 0.5) is 11.4 Å². The van der Waals surface area contributed by atoms with E-state index in [0.29, 0.717) is 12.1 Å². The Morgan fingerprint density at radius 1 is 0.879 bits per heavy atom. The Bertz CT molecular complexity index is 1170. The smallest absolute Gasteiger partial charge is 0.336 e. The van der Waals surface area contributed by atoms with Gasteiger partial charge in [-0.2, -0.15) is 0 Å². The van der Waals surface area contributed by atoms with Gasteiger partial charge in [0.25, 0.3) is 5.91 Å². The first-order valence-corrected chi connectivity index (χ1v) is 11.5. The molecule has 0 bridgehead atoms. The number of para-hydroxylation sites is 1. The summed E-state index contributed by atoms with van der Waals surface area (Å²) in [6.07, 6.45) is 0.629. The van der Waals surface area contributed by atoms with Crippen molar-refractivity contribution in [1.82, 2.24) is 0 Å². The quantitative estimate of drug-likeness (QED) is 0.370. The predicted octanol–water partition coefficient (Wildman–Crippen LogP) is 5.76. The number of nitrogens with one attached hydrogen (secondary N) is 2. The fourth-order valence-corrected chi connectivity index (χ4v) is 4.43. The highest BCUT2D eigenvalue weighted by molar-refractivity contribution is 8.00. The van der Waals surface area contributed by atoms with Crippen LogP contribution in [-0.2, 0) is 4.79 Å². The summed E-state index contributed by atoms with van der Waals surface area (Å²) in [4.78, 5) is 37.8. The Morgan fingerprint density at radius 3 is 2.15 bits per heavy atom. The lowest BCUT2D eigenvalue weighted by Gasteiger charge is -2.18. The number of hydrogen-bond donors (Lipinski definition) is 3. The molecule has 7 heteroatoms. The number of hydrogen-bond acceptors (Lipinski definition) is 4. The molecule has 0 saturated heterocycles. The molecule has 1 unspecified atom stereocenters. The van der Waals surface area contributed by atoms with Gasteiger partial charge in [-0.05, 0) is 61.7 Å². The van der Waals surface area contributed by atoms with Crippen molar-refractivity contribution in [2.24, 2.45) is 0 Å². The summed E-state index contributed by atoms with van der Waals surface area (Å²) in [7, 11) is 0. The summed E-state index contributed by atoms with van der Waals surface area (Å²) in [5.74, 6) is -1.74. The zero-order valence-electron chi connectivity index (χ0n) is 18.7. The van der Waals surface area contributed by atoms with E-state index in [1.807, 2.05) is 45.0 Å². The van der Waals surface area contributed by atoms with E-state index in [9.17, 15) is 19.5 Å². The number of anilines is 2. The number of aromatic carboxylic acids is 1. The summed E-state index contributed by atoms with van der Waals surface area (Å²) in [6, 6.07) is 19.1. The zero-order chi connectivity index (χ0) is 24.0. The molecule has 0 saturated carbocycles. The molecule has 0 heterocycles. The lowest BCUT2D eigenvalue weighted by Crippen LogP contribution is -2.25. The van der Waals surface area contributed by atoms with Gasteiger partial charge in [-0.3, -0.25) is 9.59 Å². The van der Waals surface area contributed by atoms with Crippen molar-refractivity contribution in [2.45, 2.75) is 37.3 Å². The van der Waals surface area contributed by atoms with Crippen LogP contribution in [0.3, 0.4) is 0 Å². The Labute approximate surface area is 197 Å². The molecule has 170 valence electrons. The molecule has 33 heavy (non-hydrogen) atoms. The molecule has 0 aliphatic rings. The van der Waals surface area contributed by atoms with Crippen molar-refractivity contribution in [2.75, 3.05) is 10.6 Å². The first-order valence-electron chi connectivity index (χ1n) is 10.6. The highest BCUT2D eigenvalue weighted by Gasteiger charge is 2.20. The molecule has 3 aromatic carbocycles. The van der Waals surface area contributed by atoms with Crippen LogP contribution in [0.1, 0.15) is 45.2 Å². The average Bonchev–Trinajstić information content (AvgIpc) is 2.80. The zero-order valence-corrected chi connectivity index (χ0v) is 19.5. The number of amides is 2. The minimum Gasteiger partial charge on any atom is -0.478 e. The van der Waals surface area contributed by atoms with Gasteiger partial charge >= 0.3 is 5.97 Å². The second-order valence-corrected chi connectivity index (χ2v) is 8.88. The SMILES string of the molecule is CCC(Sc1cccc(NC(=O)c2ccccc2C(=O)O)c1)C(=O)Nc1c(C)cccc1C. The van der Waals surface area contributed by atoms with E-state index in [0.717, 1.165) is 21.7 Å². The number of aryl methyl sites for hydroxylation is 2. The van der Waals surface area contributed by atoms with Crippen molar-refractivity contribution < 1.29 is 19.5 Å². The standard InChI is InChI=1S/C26H26N2O4S/c1-4-22(25(30)28-23-16(2)9-7-10-17(23)3)33-19-12-8-11-18(15-19)27-24(29)20-13-5-6-14-21(20)26(31)32/h5-15,22H,4H2,1-3H3,(H,27,29)(H,28,30)(H,31,32). The Hall–Kier alpha value is -3.58. The van der Waals surface area contributed by atoms with Crippen molar-refractivity contribution in [1.29, 1.82) is 0 Å². The largest absolute Gasteiger partial charge is 0.478 e. The van der Waals surface area contributed by atoms with E-state index >= 15 is 0 Å². The van der Waals surface area contributed by atoms with Crippen LogP contribution in [0.25, 0.3) is 0 Å². The summed E-state index contributed by atoms with van der Waals surface area (Å²) in [5.41, 5.74) is 3.40. The number of benzene rings is 3. The molecule has 0 aromatic heterocycles. The fraction of sp³-hybridized carbons (Fsp3) is 0.192. The molecule has 3 rings (SSSR count).